The highest BCUT2D eigenvalue weighted by Gasteiger charge is 2.29. The average molecular weight is 329 g/mol. The van der Waals surface area contributed by atoms with Crippen LogP contribution in [0, 0.1) is 12.7 Å². The van der Waals surface area contributed by atoms with Crippen LogP contribution in [0.4, 0.5) is 4.39 Å². The molecule has 0 aliphatic carbocycles. The Morgan fingerprint density at radius 3 is 2.58 bits per heavy atom. The second-order valence-electron chi connectivity index (χ2n) is 6.75. The zero-order valence-corrected chi connectivity index (χ0v) is 15.4. The van der Waals surface area contributed by atoms with E-state index >= 15 is 0 Å². The number of halogens is 1. The van der Waals surface area contributed by atoms with Crippen LogP contribution < -0.4 is 4.74 Å². The third-order valence-electron chi connectivity index (χ3n) is 3.90. The molecule has 1 heterocycles. The average Bonchev–Trinajstić information content (AvgIpc) is 2.63. The molecule has 0 bridgehead atoms. The second kappa shape index (κ2) is 7.80. The molecule has 0 spiro atoms. The van der Waals surface area contributed by atoms with Crippen LogP contribution in [0.5, 0.6) is 5.75 Å². The van der Waals surface area contributed by atoms with Gasteiger partial charge in [-0.3, -0.25) is 4.90 Å². The molecule has 0 amide bonds. The van der Waals surface area contributed by atoms with Crippen molar-refractivity contribution in [2.24, 2.45) is 0 Å². The Labute approximate surface area is 145 Å². The van der Waals surface area contributed by atoms with Crippen LogP contribution in [0.25, 0.3) is 0 Å². The first-order chi connectivity index (χ1) is 11.4. The molecule has 2 aromatic carbocycles. The summed E-state index contributed by atoms with van der Waals surface area (Å²) in [5, 5.41) is 0. The van der Waals surface area contributed by atoms with Gasteiger partial charge in [0.25, 0.3) is 0 Å². The quantitative estimate of drug-likeness (QED) is 0.738. The predicted octanol–water partition coefficient (Wildman–Crippen LogP) is 5.33. The molecule has 0 saturated heterocycles. The van der Waals surface area contributed by atoms with Gasteiger partial charge in [0.15, 0.2) is 0 Å². The highest BCUT2D eigenvalue weighted by molar-refractivity contribution is 5.35. The molecule has 130 valence electrons. The molecule has 0 radical (unpaired) electrons. The topological polar surface area (TPSA) is 12.5 Å². The number of benzene rings is 2. The fourth-order valence-corrected chi connectivity index (χ4v) is 3.12. The fourth-order valence-electron chi connectivity index (χ4n) is 3.12. The van der Waals surface area contributed by atoms with E-state index in [1.54, 1.807) is 12.1 Å². The third-order valence-corrected chi connectivity index (χ3v) is 3.90. The van der Waals surface area contributed by atoms with Gasteiger partial charge in [-0.05, 0) is 44.5 Å². The largest absolute Gasteiger partial charge is 0.486 e. The van der Waals surface area contributed by atoms with Gasteiger partial charge in [0, 0.05) is 25.2 Å². The molecule has 0 atom stereocenters. The fraction of sp³-hybridized carbons (Fsp3) is 0.429. The van der Waals surface area contributed by atoms with Crippen LogP contribution >= 0.6 is 0 Å². The molecule has 0 saturated carbocycles. The lowest BCUT2D eigenvalue weighted by Gasteiger charge is -2.29. The van der Waals surface area contributed by atoms with Gasteiger partial charge in [-0.15, -0.1) is 0 Å². The van der Waals surface area contributed by atoms with Crippen molar-refractivity contribution in [3.63, 3.8) is 0 Å². The Balaban J connectivity index is 0.00000100. The normalized spacial score (nSPS) is 16.2. The van der Waals surface area contributed by atoms with Crippen molar-refractivity contribution in [3.8, 4) is 5.75 Å². The summed E-state index contributed by atoms with van der Waals surface area (Å²) in [6.07, 6.45) is 0. The van der Waals surface area contributed by atoms with Crippen molar-refractivity contribution in [1.29, 1.82) is 0 Å². The smallest absolute Gasteiger partial charge is 0.124 e. The van der Waals surface area contributed by atoms with Crippen LogP contribution in [0.2, 0.25) is 0 Å². The summed E-state index contributed by atoms with van der Waals surface area (Å²) in [6.45, 7) is 12.6. The summed E-state index contributed by atoms with van der Waals surface area (Å²) < 4.78 is 19.6. The molecule has 1 aliphatic rings. The maximum absolute atomic E-state index is 13.6. The van der Waals surface area contributed by atoms with E-state index in [4.69, 9.17) is 4.74 Å². The predicted molar refractivity (Wildman–Crippen MR) is 97.7 cm³/mol. The number of rotatable bonds is 2. The molecule has 2 nitrogen and oxygen atoms in total. The summed E-state index contributed by atoms with van der Waals surface area (Å²) in [7, 11) is 0. The van der Waals surface area contributed by atoms with Crippen molar-refractivity contribution in [1.82, 2.24) is 4.90 Å². The Hall–Kier alpha value is -1.87. The van der Waals surface area contributed by atoms with Crippen LogP contribution in [0.3, 0.4) is 0 Å². The van der Waals surface area contributed by atoms with Crippen molar-refractivity contribution in [2.75, 3.05) is 6.54 Å². The summed E-state index contributed by atoms with van der Waals surface area (Å²) in [4.78, 5) is 2.32. The molecule has 24 heavy (non-hydrogen) atoms. The molecular weight excluding hydrogens is 301 g/mol. The van der Waals surface area contributed by atoms with Crippen molar-refractivity contribution >= 4 is 0 Å². The van der Waals surface area contributed by atoms with E-state index in [-0.39, 0.29) is 11.4 Å². The SMILES string of the molecule is CC.Cc1cccc(CN2Cc3cc(F)ccc3OC(C)(C)C2)c1. The van der Waals surface area contributed by atoms with Gasteiger partial charge in [-0.25, -0.2) is 4.39 Å². The molecule has 0 aromatic heterocycles. The zero-order chi connectivity index (χ0) is 17.7. The van der Waals surface area contributed by atoms with Gasteiger partial charge in [-0.1, -0.05) is 43.7 Å². The number of hydrogen-bond acceptors (Lipinski definition) is 2. The Bertz CT molecular complexity index is 681. The summed E-state index contributed by atoms with van der Waals surface area (Å²) >= 11 is 0. The van der Waals surface area contributed by atoms with E-state index in [0.29, 0.717) is 6.54 Å². The van der Waals surface area contributed by atoms with Crippen molar-refractivity contribution < 1.29 is 9.13 Å². The maximum Gasteiger partial charge on any atom is 0.124 e. The number of nitrogens with zero attached hydrogens (tertiary/aromatic N) is 1. The maximum atomic E-state index is 13.6. The van der Waals surface area contributed by atoms with E-state index in [1.165, 1.54) is 17.2 Å². The number of ether oxygens (including phenoxy) is 1. The van der Waals surface area contributed by atoms with E-state index < -0.39 is 0 Å². The minimum absolute atomic E-state index is 0.211. The first-order valence-electron chi connectivity index (χ1n) is 8.67. The lowest BCUT2D eigenvalue weighted by Crippen LogP contribution is -2.40. The Kier molecular flexibility index (Phi) is 6.00. The molecule has 1 aliphatic heterocycles. The molecule has 2 aromatic rings. The van der Waals surface area contributed by atoms with Crippen molar-refractivity contribution in [3.05, 3.63) is 65.0 Å². The highest BCUT2D eigenvalue weighted by atomic mass is 19.1. The van der Waals surface area contributed by atoms with E-state index in [0.717, 1.165) is 24.4 Å². The lowest BCUT2D eigenvalue weighted by atomic mass is 10.1. The second-order valence-corrected chi connectivity index (χ2v) is 6.75. The Morgan fingerprint density at radius 1 is 1.12 bits per heavy atom. The molecule has 0 N–H and O–H groups in total. The van der Waals surface area contributed by atoms with Crippen molar-refractivity contribution in [2.45, 2.75) is 53.3 Å². The monoisotopic (exact) mass is 329 g/mol. The van der Waals surface area contributed by atoms with Crippen LogP contribution in [-0.4, -0.2) is 17.0 Å². The van der Waals surface area contributed by atoms with Gasteiger partial charge in [0.2, 0.25) is 0 Å². The van der Waals surface area contributed by atoms with Gasteiger partial charge in [-0.2, -0.15) is 0 Å². The summed E-state index contributed by atoms with van der Waals surface area (Å²) in [6, 6.07) is 13.3. The minimum Gasteiger partial charge on any atom is -0.486 e. The zero-order valence-electron chi connectivity index (χ0n) is 15.4. The minimum atomic E-state index is -0.299. The molecular formula is C21H28FNO. The standard InChI is InChI=1S/C19H22FNO.C2H6/c1-14-5-4-6-15(9-14)11-21-12-16-10-17(20)7-8-18(16)22-19(2,3)13-21;1-2/h4-10H,11-13H2,1-3H3;1-2H3. The van der Waals surface area contributed by atoms with Gasteiger partial charge in [0.1, 0.15) is 17.2 Å². The van der Waals surface area contributed by atoms with E-state index in [1.807, 2.05) is 13.8 Å². The molecule has 0 unspecified atom stereocenters. The molecule has 3 heteroatoms. The van der Waals surface area contributed by atoms with Crippen LogP contribution in [-0.2, 0) is 13.1 Å². The van der Waals surface area contributed by atoms with Crippen LogP contribution in [0.1, 0.15) is 44.4 Å². The van der Waals surface area contributed by atoms with Gasteiger partial charge in [0.05, 0.1) is 0 Å². The molecule has 0 fully saturated rings. The van der Waals surface area contributed by atoms with E-state index in [9.17, 15) is 4.39 Å². The molecule has 3 rings (SSSR count). The summed E-state index contributed by atoms with van der Waals surface area (Å²) in [5.41, 5.74) is 3.15. The summed E-state index contributed by atoms with van der Waals surface area (Å²) in [5.74, 6) is 0.579. The highest BCUT2D eigenvalue weighted by Crippen LogP contribution is 2.30. The number of fused-ring (bicyclic) bond motifs is 1. The first kappa shape index (κ1) is 18.5. The Morgan fingerprint density at radius 2 is 1.88 bits per heavy atom. The lowest BCUT2D eigenvalue weighted by molar-refractivity contribution is 0.0682. The van der Waals surface area contributed by atoms with Crippen LogP contribution in [0.15, 0.2) is 42.5 Å². The third kappa shape index (κ3) is 4.81. The first-order valence-corrected chi connectivity index (χ1v) is 8.67. The van der Waals surface area contributed by atoms with Gasteiger partial charge < -0.3 is 4.74 Å². The number of aryl methyl sites for hydroxylation is 1. The van der Waals surface area contributed by atoms with Gasteiger partial charge >= 0.3 is 0 Å². The number of hydrogen-bond donors (Lipinski definition) is 0. The van der Waals surface area contributed by atoms with E-state index in [2.05, 4.69) is 49.9 Å².